The summed E-state index contributed by atoms with van der Waals surface area (Å²) in [4.78, 5) is 13.7. The molecule has 1 aromatic heterocycles. The van der Waals surface area contributed by atoms with Crippen molar-refractivity contribution in [3.8, 4) is 0 Å². The zero-order valence-electron chi connectivity index (χ0n) is 9.61. The van der Waals surface area contributed by atoms with Crippen molar-refractivity contribution >= 4 is 11.9 Å². The minimum absolute atomic E-state index is 0.267. The van der Waals surface area contributed by atoms with Gasteiger partial charge in [-0.2, -0.15) is 0 Å². The van der Waals surface area contributed by atoms with E-state index in [1.165, 1.54) is 6.20 Å². The smallest absolute Gasteiger partial charge is 0.321 e. The standard InChI is InChI=1S/C10H17N5O2/c16-10(14-9-1-2-13-17-9)12-5-8-15-6-3-11-4-7-15/h1-2,11H,3-8H2,(H2,12,14,16). The van der Waals surface area contributed by atoms with E-state index in [0.717, 1.165) is 32.7 Å². The van der Waals surface area contributed by atoms with Crippen LogP contribution in [0, 0.1) is 0 Å². The summed E-state index contributed by atoms with van der Waals surface area (Å²) in [5.74, 6) is 0.352. The van der Waals surface area contributed by atoms with Crippen LogP contribution >= 0.6 is 0 Å². The fourth-order valence-electron chi connectivity index (χ4n) is 1.70. The molecule has 17 heavy (non-hydrogen) atoms. The van der Waals surface area contributed by atoms with E-state index < -0.39 is 0 Å². The highest BCUT2D eigenvalue weighted by Crippen LogP contribution is 2.02. The highest BCUT2D eigenvalue weighted by Gasteiger charge is 2.09. The number of piperazine rings is 1. The van der Waals surface area contributed by atoms with E-state index in [1.54, 1.807) is 6.07 Å². The molecule has 0 bridgehead atoms. The van der Waals surface area contributed by atoms with Crippen LogP contribution in [0.3, 0.4) is 0 Å². The van der Waals surface area contributed by atoms with E-state index >= 15 is 0 Å². The molecule has 7 heteroatoms. The number of hydrogen-bond donors (Lipinski definition) is 3. The van der Waals surface area contributed by atoms with Crippen LogP contribution < -0.4 is 16.0 Å². The van der Waals surface area contributed by atoms with Gasteiger partial charge in [-0.15, -0.1) is 0 Å². The molecule has 94 valence electrons. The Bertz CT molecular complexity index is 334. The van der Waals surface area contributed by atoms with Gasteiger partial charge in [-0.1, -0.05) is 5.16 Å². The third kappa shape index (κ3) is 4.04. The summed E-state index contributed by atoms with van der Waals surface area (Å²) in [5, 5.41) is 12.1. The fourth-order valence-corrected chi connectivity index (χ4v) is 1.70. The second-order valence-corrected chi connectivity index (χ2v) is 3.85. The molecule has 3 N–H and O–H groups in total. The topological polar surface area (TPSA) is 82.4 Å². The minimum atomic E-state index is -0.267. The molecule has 0 aromatic carbocycles. The summed E-state index contributed by atoms with van der Waals surface area (Å²) >= 11 is 0. The molecule has 1 saturated heterocycles. The number of carbonyl (C=O) groups excluding carboxylic acids is 1. The average molecular weight is 239 g/mol. The first-order valence-electron chi connectivity index (χ1n) is 5.73. The van der Waals surface area contributed by atoms with Gasteiger partial charge in [0, 0.05) is 45.3 Å². The molecule has 0 atom stereocenters. The Morgan fingerprint density at radius 2 is 2.35 bits per heavy atom. The maximum absolute atomic E-state index is 11.4. The highest BCUT2D eigenvalue weighted by atomic mass is 16.5. The van der Waals surface area contributed by atoms with Gasteiger partial charge in [-0.05, 0) is 0 Å². The van der Waals surface area contributed by atoms with Crippen molar-refractivity contribution < 1.29 is 9.32 Å². The molecule has 0 saturated carbocycles. The maximum atomic E-state index is 11.4. The fraction of sp³-hybridized carbons (Fsp3) is 0.600. The maximum Gasteiger partial charge on any atom is 0.321 e. The Morgan fingerprint density at radius 3 is 3.06 bits per heavy atom. The van der Waals surface area contributed by atoms with Gasteiger partial charge in [-0.25, -0.2) is 4.79 Å². The highest BCUT2D eigenvalue weighted by molar-refractivity contribution is 5.87. The van der Waals surface area contributed by atoms with Crippen LogP contribution in [0.15, 0.2) is 16.8 Å². The summed E-state index contributed by atoms with van der Waals surface area (Å²) < 4.78 is 4.76. The van der Waals surface area contributed by atoms with E-state index in [9.17, 15) is 4.79 Å². The molecule has 7 nitrogen and oxygen atoms in total. The molecular weight excluding hydrogens is 222 g/mol. The molecule has 1 aliphatic heterocycles. The number of amides is 2. The van der Waals surface area contributed by atoms with Gasteiger partial charge in [0.25, 0.3) is 0 Å². The summed E-state index contributed by atoms with van der Waals surface area (Å²) in [7, 11) is 0. The Morgan fingerprint density at radius 1 is 1.53 bits per heavy atom. The van der Waals surface area contributed by atoms with Gasteiger partial charge in [0.2, 0.25) is 5.88 Å². The molecule has 1 aliphatic rings. The van der Waals surface area contributed by atoms with Crippen molar-refractivity contribution in [3.05, 3.63) is 12.3 Å². The van der Waals surface area contributed by atoms with E-state index in [2.05, 4.69) is 26.0 Å². The number of carbonyl (C=O) groups is 1. The largest absolute Gasteiger partial charge is 0.338 e. The number of aromatic nitrogens is 1. The van der Waals surface area contributed by atoms with E-state index in [1.807, 2.05) is 0 Å². The lowest BCUT2D eigenvalue weighted by Crippen LogP contribution is -2.46. The molecule has 2 heterocycles. The van der Waals surface area contributed by atoms with Crippen molar-refractivity contribution in [2.24, 2.45) is 0 Å². The Kier molecular flexibility index (Phi) is 4.34. The first-order valence-corrected chi connectivity index (χ1v) is 5.73. The Balaban J connectivity index is 1.59. The summed E-state index contributed by atoms with van der Waals surface area (Å²) in [5.41, 5.74) is 0. The van der Waals surface area contributed by atoms with Crippen LogP contribution in [-0.4, -0.2) is 55.4 Å². The van der Waals surface area contributed by atoms with Crippen LogP contribution in [0.2, 0.25) is 0 Å². The van der Waals surface area contributed by atoms with Gasteiger partial charge < -0.3 is 15.2 Å². The van der Waals surface area contributed by atoms with Crippen LogP contribution in [0.1, 0.15) is 0 Å². The number of hydrogen-bond acceptors (Lipinski definition) is 5. The Hall–Kier alpha value is -1.60. The molecule has 0 aliphatic carbocycles. The number of anilines is 1. The molecule has 0 radical (unpaired) electrons. The molecule has 0 spiro atoms. The zero-order valence-corrected chi connectivity index (χ0v) is 9.61. The van der Waals surface area contributed by atoms with Crippen molar-refractivity contribution in [1.82, 2.24) is 20.7 Å². The molecule has 2 rings (SSSR count). The SMILES string of the molecule is O=C(NCCN1CCNCC1)Nc1ccno1. The molecule has 1 fully saturated rings. The lowest BCUT2D eigenvalue weighted by Gasteiger charge is -2.26. The van der Waals surface area contributed by atoms with Crippen molar-refractivity contribution in [3.63, 3.8) is 0 Å². The molecule has 2 amide bonds. The van der Waals surface area contributed by atoms with Gasteiger partial charge in [-0.3, -0.25) is 10.2 Å². The first kappa shape index (κ1) is 11.9. The van der Waals surface area contributed by atoms with Crippen LogP contribution in [-0.2, 0) is 0 Å². The normalized spacial score (nSPS) is 16.7. The quantitative estimate of drug-likeness (QED) is 0.672. The Labute approximate surface area is 99.5 Å². The van der Waals surface area contributed by atoms with E-state index in [0.29, 0.717) is 12.4 Å². The zero-order chi connectivity index (χ0) is 11.9. The second-order valence-electron chi connectivity index (χ2n) is 3.85. The minimum Gasteiger partial charge on any atom is -0.338 e. The predicted octanol–water partition coefficient (Wildman–Crippen LogP) is -0.299. The summed E-state index contributed by atoms with van der Waals surface area (Å²) in [6.07, 6.45) is 1.48. The van der Waals surface area contributed by atoms with Gasteiger partial charge in [0.1, 0.15) is 0 Å². The average Bonchev–Trinajstić information content (AvgIpc) is 2.83. The van der Waals surface area contributed by atoms with Crippen molar-refractivity contribution in [2.45, 2.75) is 0 Å². The van der Waals surface area contributed by atoms with Crippen LogP contribution in [0.4, 0.5) is 10.7 Å². The van der Waals surface area contributed by atoms with E-state index in [-0.39, 0.29) is 6.03 Å². The van der Waals surface area contributed by atoms with Crippen molar-refractivity contribution in [2.75, 3.05) is 44.6 Å². The number of rotatable bonds is 4. The first-order chi connectivity index (χ1) is 8.34. The summed E-state index contributed by atoms with van der Waals surface area (Å²) in [6.45, 7) is 5.59. The van der Waals surface area contributed by atoms with Crippen LogP contribution in [0.5, 0.6) is 0 Å². The number of nitrogens with one attached hydrogen (secondary N) is 3. The van der Waals surface area contributed by atoms with E-state index in [4.69, 9.17) is 4.52 Å². The molecular formula is C10H17N5O2. The van der Waals surface area contributed by atoms with Gasteiger partial charge in [0.05, 0.1) is 6.20 Å². The third-order valence-electron chi connectivity index (χ3n) is 2.60. The van der Waals surface area contributed by atoms with Crippen LogP contribution in [0.25, 0.3) is 0 Å². The number of nitrogens with zero attached hydrogens (tertiary/aromatic N) is 2. The lowest BCUT2D eigenvalue weighted by molar-refractivity contribution is 0.232. The van der Waals surface area contributed by atoms with Gasteiger partial charge in [0.15, 0.2) is 0 Å². The monoisotopic (exact) mass is 239 g/mol. The molecule has 0 unspecified atom stereocenters. The number of urea groups is 1. The second kappa shape index (κ2) is 6.21. The van der Waals surface area contributed by atoms with Crippen molar-refractivity contribution in [1.29, 1.82) is 0 Å². The lowest BCUT2D eigenvalue weighted by atomic mass is 10.3. The van der Waals surface area contributed by atoms with Gasteiger partial charge >= 0.3 is 6.03 Å². The molecule has 1 aromatic rings. The predicted molar refractivity (Wildman–Crippen MR) is 62.8 cm³/mol. The summed E-state index contributed by atoms with van der Waals surface area (Å²) in [6, 6.07) is 1.33. The third-order valence-corrected chi connectivity index (χ3v) is 2.60.